The fraction of sp³-hybridized carbons (Fsp3) is 0.652. The number of aliphatic hydroxyl groups is 2. The zero-order valence-electron chi connectivity index (χ0n) is 15.7. The minimum atomic E-state index is -0.325. The highest BCUT2D eigenvalue weighted by Gasteiger charge is 2.30. The van der Waals surface area contributed by atoms with Crippen LogP contribution in [0.1, 0.15) is 94.3 Å². The molecule has 25 heavy (non-hydrogen) atoms. The van der Waals surface area contributed by atoms with Crippen LogP contribution in [0.15, 0.2) is 35.9 Å². The zero-order valence-corrected chi connectivity index (χ0v) is 15.7. The summed E-state index contributed by atoms with van der Waals surface area (Å²) in [5, 5.41) is 21.1. The molecule has 2 aliphatic rings. The Kier molecular flexibility index (Phi) is 6.72. The van der Waals surface area contributed by atoms with Crippen LogP contribution in [-0.2, 0) is 0 Å². The van der Waals surface area contributed by atoms with Crippen molar-refractivity contribution in [3.8, 4) is 0 Å². The lowest BCUT2D eigenvalue weighted by Crippen LogP contribution is -2.15. The maximum absolute atomic E-state index is 10.6. The summed E-state index contributed by atoms with van der Waals surface area (Å²) in [6.45, 7) is 2.24. The minimum Gasteiger partial charge on any atom is -0.392 e. The van der Waals surface area contributed by atoms with E-state index >= 15 is 0 Å². The van der Waals surface area contributed by atoms with Crippen LogP contribution in [0.25, 0.3) is 0 Å². The number of aliphatic hydroxyl groups excluding tert-OH is 2. The van der Waals surface area contributed by atoms with Crippen LogP contribution in [0, 0.1) is 5.92 Å². The molecular formula is C23H34O2. The van der Waals surface area contributed by atoms with E-state index in [0.29, 0.717) is 5.92 Å². The van der Waals surface area contributed by atoms with E-state index in [1.807, 2.05) is 0 Å². The second-order valence-electron chi connectivity index (χ2n) is 8.03. The third kappa shape index (κ3) is 4.54. The first kappa shape index (κ1) is 18.7. The Morgan fingerprint density at radius 1 is 1.04 bits per heavy atom. The molecule has 0 amide bonds. The third-order valence-electron chi connectivity index (χ3n) is 6.21. The molecular weight excluding hydrogens is 308 g/mol. The zero-order chi connectivity index (χ0) is 17.6. The van der Waals surface area contributed by atoms with E-state index in [1.54, 1.807) is 0 Å². The van der Waals surface area contributed by atoms with Gasteiger partial charge in [-0.1, -0.05) is 74.9 Å². The van der Waals surface area contributed by atoms with Crippen LogP contribution in [0.3, 0.4) is 0 Å². The summed E-state index contributed by atoms with van der Waals surface area (Å²) >= 11 is 0. The molecule has 1 unspecified atom stereocenters. The van der Waals surface area contributed by atoms with Crippen molar-refractivity contribution >= 4 is 0 Å². The number of rotatable bonds is 8. The summed E-state index contributed by atoms with van der Waals surface area (Å²) < 4.78 is 0. The Labute approximate surface area is 153 Å². The number of hydrogen-bond donors (Lipinski definition) is 2. The molecule has 1 aromatic rings. The first-order chi connectivity index (χ1) is 12.2. The van der Waals surface area contributed by atoms with Crippen LogP contribution < -0.4 is 0 Å². The second-order valence-corrected chi connectivity index (χ2v) is 8.03. The van der Waals surface area contributed by atoms with Gasteiger partial charge in [-0.15, -0.1) is 0 Å². The molecule has 0 bridgehead atoms. The van der Waals surface area contributed by atoms with Gasteiger partial charge in [-0.3, -0.25) is 0 Å². The predicted octanol–water partition coefficient (Wildman–Crippen LogP) is 5.66. The first-order valence-corrected chi connectivity index (χ1v) is 10.4. The number of unbranched alkanes of at least 4 members (excludes halogenated alkanes) is 3. The standard InChI is InChI=1S/C23H34O2/c1-2-3-4-5-8-17-15-16-21(24)22(17)18-11-13-20(14-12-18)23(25)19-9-6-7-10-19/h11-15,19,21-25H,2-10,16H2,1H3/t21-,22+,23?/m1/s1. The summed E-state index contributed by atoms with van der Waals surface area (Å²) in [5.74, 6) is 0.580. The van der Waals surface area contributed by atoms with Gasteiger partial charge in [-0.25, -0.2) is 0 Å². The summed E-state index contributed by atoms with van der Waals surface area (Å²) in [5.41, 5.74) is 3.65. The summed E-state index contributed by atoms with van der Waals surface area (Å²) in [7, 11) is 0. The molecule has 0 aliphatic heterocycles. The average molecular weight is 343 g/mol. The molecule has 0 aromatic heterocycles. The van der Waals surface area contributed by atoms with Crippen molar-refractivity contribution in [3.63, 3.8) is 0 Å². The molecule has 3 atom stereocenters. The van der Waals surface area contributed by atoms with E-state index in [9.17, 15) is 10.2 Å². The van der Waals surface area contributed by atoms with E-state index in [0.717, 1.165) is 31.2 Å². The van der Waals surface area contributed by atoms with E-state index < -0.39 is 0 Å². The van der Waals surface area contributed by atoms with Gasteiger partial charge in [0, 0.05) is 5.92 Å². The molecule has 2 nitrogen and oxygen atoms in total. The molecule has 0 spiro atoms. The predicted molar refractivity (Wildman–Crippen MR) is 104 cm³/mol. The van der Waals surface area contributed by atoms with Crippen LogP contribution in [0.2, 0.25) is 0 Å². The van der Waals surface area contributed by atoms with Crippen molar-refractivity contribution in [2.45, 2.75) is 89.3 Å². The van der Waals surface area contributed by atoms with Gasteiger partial charge in [0.2, 0.25) is 0 Å². The maximum atomic E-state index is 10.6. The Bertz CT molecular complexity index is 554. The van der Waals surface area contributed by atoms with E-state index in [-0.39, 0.29) is 18.1 Å². The highest BCUT2D eigenvalue weighted by molar-refractivity contribution is 5.36. The lowest BCUT2D eigenvalue weighted by molar-refractivity contribution is 0.111. The smallest absolute Gasteiger partial charge is 0.0818 e. The van der Waals surface area contributed by atoms with Gasteiger partial charge in [0.15, 0.2) is 0 Å². The molecule has 0 heterocycles. The van der Waals surface area contributed by atoms with Crippen molar-refractivity contribution in [1.29, 1.82) is 0 Å². The molecule has 2 aliphatic carbocycles. The van der Waals surface area contributed by atoms with Gasteiger partial charge in [-0.2, -0.15) is 0 Å². The van der Waals surface area contributed by atoms with Crippen LogP contribution in [-0.4, -0.2) is 16.3 Å². The van der Waals surface area contributed by atoms with Gasteiger partial charge < -0.3 is 10.2 Å². The molecule has 1 saturated carbocycles. The first-order valence-electron chi connectivity index (χ1n) is 10.4. The maximum Gasteiger partial charge on any atom is 0.0818 e. The van der Waals surface area contributed by atoms with E-state index in [4.69, 9.17) is 0 Å². The normalized spacial score (nSPS) is 25.3. The fourth-order valence-corrected chi connectivity index (χ4v) is 4.68. The molecule has 2 heteroatoms. The Morgan fingerprint density at radius 3 is 2.44 bits per heavy atom. The highest BCUT2D eigenvalue weighted by atomic mass is 16.3. The summed E-state index contributed by atoms with van der Waals surface area (Å²) in [6.07, 6.45) is 13.4. The quantitative estimate of drug-likeness (QED) is 0.473. The van der Waals surface area contributed by atoms with Gasteiger partial charge in [-0.05, 0) is 49.1 Å². The molecule has 2 N–H and O–H groups in total. The molecule has 138 valence electrons. The Balaban J connectivity index is 1.64. The van der Waals surface area contributed by atoms with Crippen molar-refractivity contribution in [2.24, 2.45) is 5.92 Å². The summed E-state index contributed by atoms with van der Waals surface area (Å²) in [6, 6.07) is 8.43. The van der Waals surface area contributed by atoms with Crippen molar-refractivity contribution in [2.75, 3.05) is 0 Å². The van der Waals surface area contributed by atoms with E-state index in [2.05, 4.69) is 37.3 Å². The number of hydrogen-bond acceptors (Lipinski definition) is 2. The molecule has 0 saturated heterocycles. The number of benzene rings is 1. The monoisotopic (exact) mass is 342 g/mol. The van der Waals surface area contributed by atoms with Crippen molar-refractivity contribution in [1.82, 2.24) is 0 Å². The third-order valence-corrected chi connectivity index (χ3v) is 6.21. The lowest BCUT2D eigenvalue weighted by atomic mass is 9.86. The minimum absolute atomic E-state index is 0.152. The molecule has 1 aromatic carbocycles. The topological polar surface area (TPSA) is 40.5 Å². The van der Waals surface area contributed by atoms with Crippen molar-refractivity contribution in [3.05, 3.63) is 47.0 Å². The van der Waals surface area contributed by atoms with Gasteiger partial charge in [0.25, 0.3) is 0 Å². The van der Waals surface area contributed by atoms with E-state index in [1.165, 1.54) is 49.7 Å². The Morgan fingerprint density at radius 2 is 1.76 bits per heavy atom. The lowest BCUT2D eigenvalue weighted by Gasteiger charge is -2.22. The van der Waals surface area contributed by atoms with Gasteiger partial charge >= 0.3 is 0 Å². The van der Waals surface area contributed by atoms with Gasteiger partial charge in [0.05, 0.1) is 12.2 Å². The SMILES string of the molecule is CCCCCCC1=CC[C@@H](O)[C@@H]1c1ccc(C(O)C2CCCC2)cc1. The summed E-state index contributed by atoms with van der Waals surface area (Å²) in [4.78, 5) is 0. The van der Waals surface area contributed by atoms with Crippen molar-refractivity contribution < 1.29 is 10.2 Å². The fourth-order valence-electron chi connectivity index (χ4n) is 4.68. The van der Waals surface area contributed by atoms with Crippen LogP contribution in [0.5, 0.6) is 0 Å². The average Bonchev–Trinajstić information content (AvgIpc) is 3.28. The second kappa shape index (κ2) is 9.00. The van der Waals surface area contributed by atoms with Crippen LogP contribution in [0.4, 0.5) is 0 Å². The van der Waals surface area contributed by atoms with Crippen LogP contribution >= 0.6 is 0 Å². The molecule has 3 rings (SSSR count). The highest BCUT2D eigenvalue weighted by Crippen LogP contribution is 2.40. The largest absolute Gasteiger partial charge is 0.392 e. The van der Waals surface area contributed by atoms with Gasteiger partial charge in [0.1, 0.15) is 0 Å². The Hall–Kier alpha value is -1.12. The molecule has 0 radical (unpaired) electrons. The molecule has 1 fully saturated rings.